The van der Waals surface area contributed by atoms with Gasteiger partial charge in [-0.25, -0.2) is 0 Å². The second-order valence-electron chi connectivity index (χ2n) is 9.60. The fourth-order valence-corrected chi connectivity index (χ4v) is 5.39. The molecule has 1 amide bonds. The average Bonchev–Trinajstić information content (AvgIpc) is 3.48. The number of benzene rings is 2. The number of H-pyrrole nitrogens is 1. The van der Waals surface area contributed by atoms with E-state index in [9.17, 15) is 4.79 Å². The molecule has 2 N–H and O–H groups in total. The lowest BCUT2D eigenvalue weighted by molar-refractivity contribution is 0.0935. The summed E-state index contributed by atoms with van der Waals surface area (Å²) >= 11 is 0. The van der Waals surface area contributed by atoms with E-state index in [0.29, 0.717) is 5.69 Å². The summed E-state index contributed by atoms with van der Waals surface area (Å²) in [5.74, 6) is -0.127. The summed E-state index contributed by atoms with van der Waals surface area (Å²) < 4.78 is 0. The van der Waals surface area contributed by atoms with Crippen LogP contribution in [0.4, 0.5) is 0 Å². The number of amides is 1. The van der Waals surface area contributed by atoms with Crippen molar-refractivity contribution in [2.24, 2.45) is 0 Å². The van der Waals surface area contributed by atoms with Gasteiger partial charge in [0.2, 0.25) is 0 Å². The van der Waals surface area contributed by atoms with E-state index in [1.54, 1.807) is 0 Å². The molecule has 6 rings (SSSR count). The van der Waals surface area contributed by atoms with Gasteiger partial charge in [-0.1, -0.05) is 36.8 Å². The fraction of sp³-hybridized carbons (Fsp3) is 0.321. The minimum Gasteiger partial charge on any atom is -0.347 e. The maximum absolute atomic E-state index is 13.1. The van der Waals surface area contributed by atoms with Crippen LogP contribution in [0.1, 0.15) is 46.4 Å². The summed E-state index contributed by atoms with van der Waals surface area (Å²) in [6.07, 6.45) is 9.49. The Morgan fingerprint density at radius 2 is 1.76 bits per heavy atom. The highest BCUT2D eigenvalue weighted by molar-refractivity contribution is 6.05. The number of pyridine rings is 1. The van der Waals surface area contributed by atoms with Crippen molar-refractivity contribution in [1.29, 1.82) is 0 Å². The van der Waals surface area contributed by atoms with Crippen molar-refractivity contribution in [1.82, 2.24) is 25.4 Å². The maximum atomic E-state index is 13.1. The number of rotatable bonds is 5. The molecule has 0 spiro atoms. The van der Waals surface area contributed by atoms with Crippen LogP contribution in [0, 0.1) is 0 Å². The quantitative estimate of drug-likeness (QED) is 0.468. The Kier molecular flexibility index (Phi) is 5.59. The number of likely N-dealkylation sites (tertiary alicyclic amines) is 1. The molecule has 2 aromatic carbocycles. The van der Waals surface area contributed by atoms with E-state index >= 15 is 0 Å². The van der Waals surface area contributed by atoms with Crippen LogP contribution in [-0.2, 0) is 19.4 Å². The lowest BCUT2D eigenvalue weighted by Crippen LogP contribution is -2.35. The first-order valence-corrected chi connectivity index (χ1v) is 12.3. The van der Waals surface area contributed by atoms with Gasteiger partial charge in [-0.15, -0.1) is 0 Å². The van der Waals surface area contributed by atoms with Gasteiger partial charge in [0, 0.05) is 35.9 Å². The number of carbonyl (C=O) groups is 1. The zero-order chi connectivity index (χ0) is 22.9. The molecule has 0 saturated carbocycles. The first-order chi connectivity index (χ1) is 16.7. The summed E-state index contributed by atoms with van der Waals surface area (Å²) in [4.78, 5) is 20.2. The Morgan fingerprint density at radius 1 is 0.971 bits per heavy atom. The second kappa shape index (κ2) is 9.03. The van der Waals surface area contributed by atoms with Gasteiger partial charge in [0.15, 0.2) is 5.69 Å². The highest BCUT2D eigenvalue weighted by Gasteiger charge is 2.24. The van der Waals surface area contributed by atoms with Gasteiger partial charge in [-0.3, -0.25) is 19.8 Å². The minimum atomic E-state index is -0.127. The van der Waals surface area contributed by atoms with Gasteiger partial charge in [-0.05, 0) is 79.2 Å². The SMILES string of the molecule is O=C(NC1Cc2ccccc2C1)c1n[nH]c2ccc(-c3cncc(CN4CCCCC4)c3)cc12. The van der Waals surface area contributed by atoms with Crippen LogP contribution < -0.4 is 5.32 Å². The highest BCUT2D eigenvalue weighted by Crippen LogP contribution is 2.27. The Bertz CT molecular complexity index is 1310. The van der Waals surface area contributed by atoms with Gasteiger partial charge in [0.25, 0.3) is 5.91 Å². The summed E-state index contributed by atoms with van der Waals surface area (Å²) in [6.45, 7) is 3.26. The lowest BCUT2D eigenvalue weighted by atomic mass is 10.0. The van der Waals surface area contributed by atoms with Crippen LogP contribution in [0.2, 0.25) is 0 Å². The van der Waals surface area contributed by atoms with Gasteiger partial charge in [0.1, 0.15) is 0 Å². The summed E-state index contributed by atoms with van der Waals surface area (Å²) in [5, 5.41) is 11.4. The third kappa shape index (κ3) is 4.21. The van der Waals surface area contributed by atoms with E-state index in [4.69, 9.17) is 0 Å². The molecule has 6 nitrogen and oxygen atoms in total. The number of piperidine rings is 1. The van der Waals surface area contributed by atoms with Crippen LogP contribution in [0.3, 0.4) is 0 Å². The van der Waals surface area contributed by atoms with E-state index in [1.165, 1.54) is 36.0 Å². The molecule has 0 unspecified atom stereocenters. The molecule has 2 aliphatic rings. The monoisotopic (exact) mass is 451 g/mol. The Balaban J connectivity index is 1.22. The number of carbonyl (C=O) groups excluding carboxylic acids is 1. The molecule has 1 aliphatic heterocycles. The summed E-state index contributed by atoms with van der Waals surface area (Å²) in [6, 6.07) is 16.8. The standard InChI is InChI=1S/C28H29N5O/c34-28(30-24-13-20-6-2-3-7-21(20)14-24)27-25-15-22(8-9-26(25)31-32-27)23-12-19(16-29-17-23)18-33-10-4-1-5-11-33/h2-3,6-9,12,15-17,24H,1,4-5,10-11,13-14,18H2,(H,30,34)(H,31,32). The van der Waals surface area contributed by atoms with Crippen molar-refractivity contribution in [2.45, 2.75) is 44.7 Å². The molecule has 172 valence electrons. The predicted octanol–water partition coefficient (Wildman–Crippen LogP) is 4.51. The maximum Gasteiger partial charge on any atom is 0.272 e. The van der Waals surface area contributed by atoms with Crippen LogP contribution in [0.25, 0.3) is 22.0 Å². The Labute approximate surface area is 199 Å². The van der Waals surface area contributed by atoms with Crippen molar-refractivity contribution in [3.8, 4) is 11.1 Å². The number of nitrogens with zero attached hydrogens (tertiary/aromatic N) is 3. The molecule has 2 aromatic heterocycles. The average molecular weight is 452 g/mol. The van der Waals surface area contributed by atoms with Crippen LogP contribution in [0.5, 0.6) is 0 Å². The lowest BCUT2D eigenvalue weighted by Gasteiger charge is -2.26. The van der Waals surface area contributed by atoms with Crippen LogP contribution in [-0.4, -0.2) is 45.1 Å². The van der Waals surface area contributed by atoms with Gasteiger partial charge in [-0.2, -0.15) is 5.10 Å². The minimum absolute atomic E-state index is 0.107. The Hall–Kier alpha value is -3.51. The molecular formula is C28H29N5O. The fourth-order valence-electron chi connectivity index (χ4n) is 5.39. The molecule has 6 heteroatoms. The number of fused-ring (bicyclic) bond motifs is 2. The number of aromatic nitrogens is 3. The summed E-state index contributed by atoms with van der Waals surface area (Å²) in [5.41, 5.74) is 7.29. The van der Waals surface area contributed by atoms with E-state index in [1.807, 2.05) is 18.5 Å². The molecule has 0 radical (unpaired) electrons. The third-order valence-electron chi connectivity index (χ3n) is 7.15. The second-order valence-corrected chi connectivity index (χ2v) is 9.60. The zero-order valence-electron chi connectivity index (χ0n) is 19.3. The van der Waals surface area contributed by atoms with Crippen molar-refractivity contribution >= 4 is 16.8 Å². The van der Waals surface area contributed by atoms with Crippen molar-refractivity contribution in [3.05, 3.63) is 83.3 Å². The van der Waals surface area contributed by atoms with Gasteiger partial charge < -0.3 is 5.32 Å². The van der Waals surface area contributed by atoms with Crippen molar-refractivity contribution in [2.75, 3.05) is 13.1 Å². The molecule has 1 aliphatic carbocycles. The van der Waals surface area contributed by atoms with E-state index in [0.717, 1.165) is 54.5 Å². The predicted molar refractivity (Wildman–Crippen MR) is 134 cm³/mol. The first-order valence-electron chi connectivity index (χ1n) is 12.3. The molecule has 34 heavy (non-hydrogen) atoms. The topological polar surface area (TPSA) is 73.9 Å². The number of nitrogens with one attached hydrogen (secondary N) is 2. The zero-order valence-corrected chi connectivity index (χ0v) is 19.3. The van der Waals surface area contributed by atoms with Crippen LogP contribution in [0.15, 0.2) is 60.9 Å². The van der Waals surface area contributed by atoms with Crippen molar-refractivity contribution in [3.63, 3.8) is 0 Å². The van der Waals surface area contributed by atoms with E-state index in [2.05, 4.69) is 67.9 Å². The van der Waals surface area contributed by atoms with E-state index in [-0.39, 0.29) is 11.9 Å². The smallest absolute Gasteiger partial charge is 0.272 e. The highest BCUT2D eigenvalue weighted by atomic mass is 16.2. The normalized spacial score (nSPS) is 16.6. The largest absolute Gasteiger partial charge is 0.347 e. The van der Waals surface area contributed by atoms with Gasteiger partial charge in [0.05, 0.1) is 5.52 Å². The Morgan fingerprint density at radius 3 is 2.56 bits per heavy atom. The van der Waals surface area contributed by atoms with Gasteiger partial charge >= 0.3 is 0 Å². The molecule has 3 heterocycles. The molecule has 0 bridgehead atoms. The van der Waals surface area contributed by atoms with E-state index < -0.39 is 0 Å². The number of aromatic amines is 1. The summed E-state index contributed by atoms with van der Waals surface area (Å²) in [7, 11) is 0. The molecular weight excluding hydrogens is 422 g/mol. The van der Waals surface area contributed by atoms with Crippen LogP contribution >= 0.6 is 0 Å². The third-order valence-corrected chi connectivity index (χ3v) is 7.15. The number of hydrogen-bond donors (Lipinski definition) is 2. The first kappa shape index (κ1) is 21.1. The molecule has 0 atom stereocenters. The molecule has 1 saturated heterocycles. The molecule has 4 aromatic rings. The molecule has 1 fully saturated rings. The van der Waals surface area contributed by atoms with Crippen molar-refractivity contribution < 1.29 is 4.79 Å². The number of hydrogen-bond acceptors (Lipinski definition) is 4.